The van der Waals surface area contributed by atoms with E-state index >= 15 is 0 Å². The summed E-state index contributed by atoms with van der Waals surface area (Å²) >= 11 is 6.60. The highest BCUT2D eigenvalue weighted by Crippen LogP contribution is 2.41. The predicted octanol–water partition coefficient (Wildman–Crippen LogP) is 7.03. The van der Waals surface area contributed by atoms with Crippen molar-refractivity contribution in [1.29, 1.82) is 0 Å². The van der Waals surface area contributed by atoms with Crippen LogP contribution in [0, 0.1) is 11.8 Å². The fourth-order valence-corrected chi connectivity index (χ4v) is 12.0. The van der Waals surface area contributed by atoms with Gasteiger partial charge in [0.1, 0.15) is 24.0 Å². The number of carbonyl (C=O) groups is 4. The Labute approximate surface area is 439 Å². The number of hydrogen-bond acceptors (Lipinski definition) is 14. The highest BCUT2D eigenvalue weighted by molar-refractivity contribution is 7.70. The summed E-state index contributed by atoms with van der Waals surface area (Å²) in [5.74, 6) is 6.68. The van der Waals surface area contributed by atoms with Crippen LogP contribution in [0.25, 0.3) is 0 Å². The summed E-state index contributed by atoms with van der Waals surface area (Å²) in [5, 5.41) is 13.1. The number of likely N-dealkylation sites (tertiary alicyclic amines) is 1. The molecule has 17 nitrogen and oxygen atoms in total. The second kappa shape index (κ2) is 23.9. The molecule has 4 saturated heterocycles. The number of carbonyl (C=O) groups excluding carboxylic acids is 4. The standard InChI is InChI=1S/C55H67ClN11O6P/c1-73-48-35-47(44(58-50(68)19-13-27-63-24-10-5-11-25-63)34-45(48)60-55-57-36-42(56)52(62-55)59-43-17-7-8-18-49(43)74(2,3)72)66-28-22-39(23-29-66)65-32-30-64(31-33-65)26-9-4-6-14-38-15-12-16-40-41(38)37-67(54(40)71)46-20-21-51(69)61-53(46)70/h7-8,12-13,15-19,34-36,39,46H,4-5,9-11,20-33,37H2,1-3H3,(H,58,68)(H,61,69,70)(H2,57,59,60,62)/b19-13+. The minimum Gasteiger partial charge on any atom is -0.494 e. The van der Waals surface area contributed by atoms with Gasteiger partial charge in [-0.15, -0.1) is 0 Å². The molecule has 0 saturated carbocycles. The van der Waals surface area contributed by atoms with Gasteiger partial charge in [0, 0.05) is 99.8 Å². The number of hydrogen-bond donors (Lipinski definition) is 4. The molecule has 19 heteroatoms. The number of halogens is 1. The van der Waals surface area contributed by atoms with Crippen LogP contribution in [0.2, 0.25) is 5.02 Å². The van der Waals surface area contributed by atoms with Crippen molar-refractivity contribution < 1.29 is 28.5 Å². The molecule has 5 aliphatic heterocycles. The Morgan fingerprint density at radius 1 is 0.905 bits per heavy atom. The molecule has 4 N–H and O–H groups in total. The highest BCUT2D eigenvalue weighted by atomic mass is 35.5. The number of unbranched alkanes of at least 4 members (excludes halogenated alkanes) is 1. The molecule has 4 amide bonds. The maximum Gasteiger partial charge on any atom is 0.255 e. The predicted molar refractivity (Wildman–Crippen MR) is 292 cm³/mol. The van der Waals surface area contributed by atoms with Gasteiger partial charge in [0.05, 0.1) is 36.1 Å². The van der Waals surface area contributed by atoms with Crippen LogP contribution < -0.4 is 36.2 Å². The molecule has 74 heavy (non-hydrogen) atoms. The van der Waals surface area contributed by atoms with Gasteiger partial charge in [-0.05, 0) is 107 Å². The molecule has 0 radical (unpaired) electrons. The number of aromatic nitrogens is 2. The molecule has 390 valence electrons. The van der Waals surface area contributed by atoms with E-state index in [1.54, 1.807) is 37.5 Å². The summed E-state index contributed by atoms with van der Waals surface area (Å²) in [6.45, 7) is 13.1. The van der Waals surface area contributed by atoms with Crippen LogP contribution in [0.1, 0.15) is 79.3 Å². The first-order chi connectivity index (χ1) is 35.8. The average molecular weight is 1040 g/mol. The topological polar surface area (TPSA) is 185 Å². The lowest BCUT2D eigenvalue weighted by molar-refractivity contribution is -0.137. The number of nitrogens with one attached hydrogen (secondary N) is 4. The largest absolute Gasteiger partial charge is 0.494 e. The van der Waals surface area contributed by atoms with Gasteiger partial charge in [-0.25, -0.2) is 4.98 Å². The molecule has 1 unspecified atom stereocenters. The van der Waals surface area contributed by atoms with Gasteiger partial charge in [-0.2, -0.15) is 4.98 Å². The SMILES string of the molecule is COc1cc(N2CCC(N3CCN(CCCC#Cc4cccc5c4CN(C4CCC(=O)NC4=O)C5=O)CC3)CC2)c(NC(=O)/C=C/CN2CCCCC2)cc1Nc1ncc(Cl)c(Nc2ccccc2P(C)(C)=O)n1. The van der Waals surface area contributed by atoms with Gasteiger partial charge < -0.3 is 40.0 Å². The van der Waals surface area contributed by atoms with E-state index in [9.17, 15) is 23.7 Å². The number of piperazine rings is 1. The molecular weight excluding hydrogens is 977 g/mol. The monoisotopic (exact) mass is 1040 g/mol. The number of amides is 4. The van der Waals surface area contributed by atoms with Crippen molar-refractivity contribution in [3.8, 4) is 17.6 Å². The molecule has 3 aromatic carbocycles. The molecule has 0 aliphatic carbocycles. The Balaban J connectivity index is 0.808. The number of fused-ring (bicyclic) bond motifs is 1. The lowest BCUT2D eigenvalue weighted by atomic mass is 10.0. The van der Waals surface area contributed by atoms with E-state index in [4.69, 9.17) is 21.3 Å². The van der Waals surface area contributed by atoms with Gasteiger partial charge >= 0.3 is 0 Å². The third-order valence-electron chi connectivity index (χ3n) is 14.7. The minimum atomic E-state index is -2.62. The number of benzene rings is 3. The molecule has 5 aliphatic rings. The van der Waals surface area contributed by atoms with Crippen molar-refractivity contribution >= 4 is 82.2 Å². The number of ether oxygens (including phenoxy) is 1. The van der Waals surface area contributed by atoms with Crippen LogP contribution in [0.4, 0.5) is 34.5 Å². The van der Waals surface area contributed by atoms with Crippen LogP contribution in [-0.2, 0) is 25.5 Å². The van der Waals surface area contributed by atoms with Crippen molar-refractivity contribution in [3.63, 3.8) is 0 Å². The van der Waals surface area contributed by atoms with Crippen molar-refractivity contribution in [3.05, 3.63) is 94.7 Å². The molecule has 4 fully saturated rings. The zero-order valence-corrected chi connectivity index (χ0v) is 44.3. The third kappa shape index (κ3) is 12.8. The summed E-state index contributed by atoms with van der Waals surface area (Å²) < 4.78 is 19.1. The van der Waals surface area contributed by atoms with Crippen LogP contribution in [-0.4, -0.2) is 151 Å². The Kier molecular flexibility index (Phi) is 17.0. The average Bonchev–Trinajstić information content (AvgIpc) is 3.74. The van der Waals surface area contributed by atoms with Gasteiger partial charge in [0.2, 0.25) is 23.7 Å². The zero-order chi connectivity index (χ0) is 51.8. The summed E-state index contributed by atoms with van der Waals surface area (Å²) in [6, 6.07) is 16.6. The lowest BCUT2D eigenvalue weighted by Crippen LogP contribution is -2.53. The van der Waals surface area contributed by atoms with Crippen molar-refractivity contribution in [2.24, 2.45) is 0 Å². The fraction of sp³-hybridized carbons (Fsp3) is 0.455. The van der Waals surface area contributed by atoms with E-state index in [0.717, 1.165) is 108 Å². The smallest absolute Gasteiger partial charge is 0.255 e. The van der Waals surface area contributed by atoms with E-state index in [-0.39, 0.29) is 30.1 Å². The maximum atomic E-state index is 13.6. The second-order valence-electron chi connectivity index (χ2n) is 20.1. The van der Waals surface area contributed by atoms with Crippen molar-refractivity contribution in [1.82, 2.24) is 34.9 Å². The molecule has 1 aromatic heterocycles. The van der Waals surface area contributed by atoms with E-state index < -0.39 is 19.1 Å². The summed E-state index contributed by atoms with van der Waals surface area (Å²) in [4.78, 5) is 71.7. The van der Waals surface area contributed by atoms with Gasteiger partial charge in [-0.3, -0.25) is 34.3 Å². The maximum absolute atomic E-state index is 13.6. The van der Waals surface area contributed by atoms with Crippen molar-refractivity contribution in [2.75, 3.05) is 107 Å². The molecule has 4 aromatic rings. The number of imide groups is 1. The number of para-hydroxylation sites is 1. The molecular formula is C55H67ClN11O6P. The minimum absolute atomic E-state index is 0.188. The summed E-state index contributed by atoms with van der Waals surface area (Å²) in [7, 11) is -1.00. The Morgan fingerprint density at radius 2 is 1.69 bits per heavy atom. The molecule has 1 atom stereocenters. The van der Waals surface area contributed by atoms with E-state index in [2.05, 4.69) is 57.7 Å². The van der Waals surface area contributed by atoms with Gasteiger partial charge in [0.15, 0.2) is 5.82 Å². The Hall–Kier alpha value is -6.28. The number of nitrogens with zero attached hydrogens (tertiary/aromatic N) is 7. The quantitative estimate of drug-likeness (QED) is 0.0295. The first kappa shape index (κ1) is 52.6. The molecule has 0 spiro atoms. The molecule has 9 rings (SSSR count). The normalized spacial score (nSPS) is 19.2. The first-order valence-corrected chi connectivity index (χ1v) is 28.9. The van der Waals surface area contributed by atoms with E-state index in [1.165, 1.54) is 25.5 Å². The van der Waals surface area contributed by atoms with E-state index in [1.807, 2.05) is 54.6 Å². The number of rotatable bonds is 16. The lowest BCUT2D eigenvalue weighted by Gasteiger charge is -2.43. The number of anilines is 6. The first-order valence-electron chi connectivity index (χ1n) is 25.9. The molecule has 0 bridgehead atoms. The fourth-order valence-electron chi connectivity index (χ4n) is 10.7. The third-order valence-corrected chi connectivity index (χ3v) is 16.5. The number of methoxy groups -OCH3 is 1. The van der Waals surface area contributed by atoms with Gasteiger partial charge in [0.25, 0.3) is 5.91 Å². The van der Waals surface area contributed by atoms with E-state index in [0.29, 0.717) is 63.5 Å². The van der Waals surface area contributed by atoms with Crippen LogP contribution in [0.15, 0.2) is 72.9 Å². The van der Waals surface area contributed by atoms with Crippen LogP contribution in [0.5, 0.6) is 5.75 Å². The van der Waals surface area contributed by atoms with Gasteiger partial charge in [-0.1, -0.05) is 54.1 Å². The number of piperidine rings is 3. The highest BCUT2D eigenvalue weighted by Gasteiger charge is 2.40. The second-order valence-corrected chi connectivity index (χ2v) is 23.7. The van der Waals surface area contributed by atoms with Crippen LogP contribution in [0.3, 0.4) is 0 Å². The molecule has 6 heterocycles. The zero-order valence-electron chi connectivity index (χ0n) is 42.6. The van der Waals surface area contributed by atoms with Crippen molar-refractivity contribution in [2.45, 2.75) is 76.4 Å². The van der Waals surface area contributed by atoms with Crippen LogP contribution >= 0.6 is 18.7 Å². The Morgan fingerprint density at radius 3 is 2.45 bits per heavy atom. The Bertz CT molecular complexity index is 2880. The summed E-state index contributed by atoms with van der Waals surface area (Å²) in [5.41, 5.74) is 4.95. The summed E-state index contributed by atoms with van der Waals surface area (Å²) in [6.07, 6.45) is 12.9.